The van der Waals surface area contributed by atoms with Crippen molar-refractivity contribution in [2.45, 2.75) is 13.3 Å². The smallest absolute Gasteiger partial charge is 0.151 e. The van der Waals surface area contributed by atoms with Crippen LogP contribution in [0.3, 0.4) is 0 Å². The van der Waals surface area contributed by atoms with Crippen LogP contribution in [0.25, 0.3) is 0 Å². The molecule has 0 aliphatic rings. The zero-order valence-electron chi connectivity index (χ0n) is 9.85. The van der Waals surface area contributed by atoms with Crippen LogP contribution in [0.4, 0.5) is 20.3 Å². The molecule has 100 valence electrons. The van der Waals surface area contributed by atoms with Crippen LogP contribution in [0.1, 0.15) is 12.7 Å². The molecule has 0 radical (unpaired) electrons. The molecule has 0 saturated carbocycles. The maximum atomic E-state index is 13.6. The van der Waals surface area contributed by atoms with Crippen molar-refractivity contribution in [3.05, 3.63) is 45.8 Å². The molecular formula is C12H9Cl2F2N3. The van der Waals surface area contributed by atoms with Gasteiger partial charge in [0.25, 0.3) is 0 Å². The molecule has 0 saturated heterocycles. The number of hydrogen-bond acceptors (Lipinski definition) is 3. The van der Waals surface area contributed by atoms with Gasteiger partial charge in [-0.3, -0.25) is 0 Å². The van der Waals surface area contributed by atoms with E-state index in [0.717, 1.165) is 12.1 Å². The first-order chi connectivity index (χ1) is 8.99. The predicted octanol–water partition coefficient (Wildman–Crippen LogP) is 4.37. The number of aromatic nitrogens is 2. The maximum Gasteiger partial charge on any atom is 0.151 e. The molecule has 1 aromatic heterocycles. The number of benzene rings is 1. The first-order valence-electron chi connectivity index (χ1n) is 5.44. The molecule has 1 heterocycles. The van der Waals surface area contributed by atoms with E-state index in [0.29, 0.717) is 18.1 Å². The van der Waals surface area contributed by atoms with Crippen molar-refractivity contribution in [2.24, 2.45) is 0 Å². The van der Waals surface area contributed by atoms with E-state index in [2.05, 4.69) is 15.3 Å². The van der Waals surface area contributed by atoms with Gasteiger partial charge in [0.1, 0.15) is 22.6 Å². The summed E-state index contributed by atoms with van der Waals surface area (Å²) in [6.45, 7) is 1.86. The minimum absolute atomic E-state index is 0.0557. The summed E-state index contributed by atoms with van der Waals surface area (Å²) in [4.78, 5) is 8.11. The van der Waals surface area contributed by atoms with Gasteiger partial charge in [-0.15, -0.1) is 0 Å². The molecule has 0 bridgehead atoms. The molecule has 7 heteroatoms. The number of nitrogens with zero attached hydrogens (tertiary/aromatic N) is 2. The molecule has 0 amide bonds. The summed E-state index contributed by atoms with van der Waals surface area (Å²) in [5.41, 5.74) is -0.0557. The molecule has 3 nitrogen and oxygen atoms in total. The van der Waals surface area contributed by atoms with Crippen LogP contribution in [0, 0.1) is 11.6 Å². The summed E-state index contributed by atoms with van der Waals surface area (Å²) in [6.07, 6.45) is 0.578. The summed E-state index contributed by atoms with van der Waals surface area (Å²) >= 11 is 11.6. The molecule has 0 aliphatic heterocycles. The van der Waals surface area contributed by atoms with Crippen molar-refractivity contribution < 1.29 is 8.78 Å². The van der Waals surface area contributed by atoms with Crippen molar-refractivity contribution in [3.63, 3.8) is 0 Å². The van der Waals surface area contributed by atoms with E-state index in [1.54, 1.807) is 0 Å². The van der Waals surface area contributed by atoms with E-state index in [9.17, 15) is 8.78 Å². The van der Waals surface area contributed by atoms with Crippen LogP contribution in [0.15, 0.2) is 18.2 Å². The highest BCUT2D eigenvalue weighted by molar-refractivity contribution is 6.33. The zero-order valence-corrected chi connectivity index (χ0v) is 11.4. The largest absolute Gasteiger partial charge is 0.336 e. The standard InChI is InChI=1S/C12H9Cl2F2N3/c1-2-10-17-9(14)5-11(18-10)19-12-7(13)3-6(15)4-8(12)16/h3-5H,2H2,1H3,(H,17,18,19). The minimum atomic E-state index is -0.808. The summed E-state index contributed by atoms with van der Waals surface area (Å²) in [5.74, 6) is -0.751. The predicted molar refractivity (Wildman–Crippen MR) is 71.1 cm³/mol. The lowest BCUT2D eigenvalue weighted by atomic mass is 10.3. The van der Waals surface area contributed by atoms with Gasteiger partial charge in [0, 0.05) is 18.6 Å². The highest BCUT2D eigenvalue weighted by atomic mass is 35.5. The molecule has 2 aromatic rings. The van der Waals surface area contributed by atoms with Crippen molar-refractivity contribution in [1.82, 2.24) is 9.97 Å². The second-order valence-electron chi connectivity index (χ2n) is 3.72. The van der Waals surface area contributed by atoms with Gasteiger partial charge in [-0.25, -0.2) is 18.7 Å². The molecular weight excluding hydrogens is 295 g/mol. The number of halogens is 4. The second-order valence-corrected chi connectivity index (χ2v) is 4.51. The van der Waals surface area contributed by atoms with Crippen LogP contribution in [-0.2, 0) is 6.42 Å². The molecule has 19 heavy (non-hydrogen) atoms. The van der Waals surface area contributed by atoms with Crippen LogP contribution >= 0.6 is 23.2 Å². The van der Waals surface area contributed by atoms with Gasteiger partial charge in [0.05, 0.1) is 10.7 Å². The third-order valence-corrected chi connectivity index (χ3v) is 2.81. The van der Waals surface area contributed by atoms with Crippen molar-refractivity contribution >= 4 is 34.7 Å². The number of anilines is 2. The normalized spacial score (nSPS) is 10.6. The van der Waals surface area contributed by atoms with Gasteiger partial charge in [-0.1, -0.05) is 30.1 Å². The first-order valence-corrected chi connectivity index (χ1v) is 6.20. The Balaban J connectivity index is 2.39. The van der Waals surface area contributed by atoms with E-state index in [1.807, 2.05) is 6.92 Å². The van der Waals surface area contributed by atoms with E-state index in [4.69, 9.17) is 23.2 Å². The van der Waals surface area contributed by atoms with Gasteiger partial charge in [0.15, 0.2) is 5.82 Å². The molecule has 0 aliphatic carbocycles. The number of hydrogen-bond donors (Lipinski definition) is 1. The Morgan fingerprint density at radius 3 is 2.53 bits per heavy atom. The minimum Gasteiger partial charge on any atom is -0.336 e. The monoisotopic (exact) mass is 303 g/mol. The van der Waals surface area contributed by atoms with Gasteiger partial charge in [-0.05, 0) is 6.07 Å². The molecule has 0 atom stereocenters. The van der Waals surface area contributed by atoms with Crippen LogP contribution in [0.5, 0.6) is 0 Å². The van der Waals surface area contributed by atoms with Gasteiger partial charge < -0.3 is 5.32 Å². The molecule has 0 fully saturated rings. The fraction of sp³-hybridized carbons (Fsp3) is 0.167. The lowest BCUT2D eigenvalue weighted by Gasteiger charge is -2.10. The fourth-order valence-electron chi connectivity index (χ4n) is 1.48. The Morgan fingerprint density at radius 2 is 1.89 bits per heavy atom. The fourth-order valence-corrected chi connectivity index (χ4v) is 1.92. The summed E-state index contributed by atoms with van der Waals surface area (Å²) in [5, 5.41) is 2.83. The van der Waals surface area contributed by atoms with Gasteiger partial charge in [-0.2, -0.15) is 0 Å². The lowest BCUT2D eigenvalue weighted by molar-refractivity contribution is 0.586. The Labute approximate surface area is 118 Å². The molecule has 1 aromatic carbocycles. The van der Waals surface area contributed by atoms with Crippen molar-refractivity contribution in [2.75, 3.05) is 5.32 Å². The van der Waals surface area contributed by atoms with Crippen molar-refractivity contribution in [3.8, 4) is 0 Å². The van der Waals surface area contributed by atoms with Gasteiger partial charge >= 0.3 is 0 Å². The quantitative estimate of drug-likeness (QED) is 0.856. The Hall–Kier alpha value is -1.46. The number of aryl methyl sites for hydroxylation is 1. The average molecular weight is 304 g/mol. The third-order valence-electron chi connectivity index (χ3n) is 2.32. The average Bonchev–Trinajstić information content (AvgIpc) is 2.33. The van der Waals surface area contributed by atoms with E-state index in [-0.39, 0.29) is 15.9 Å². The topological polar surface area (TPSA) is 37.8 Å². The Bertz CT molecular complexity index is 597. The van der Waals surface area contributed by atoms with Crippen LogP contribution in [-0.4, -0.2) is 9.97 Å². The summed E-state index contributed by atoms with van der Waals surface area (Å²) < 4.78 is 26.5. The van der Waals surface area contributed by atoms with Crippen molar-refractivity contribution in [1.29, 1.82) is 0 Å². The Kier molecular flexibility index (Phi) is 4.17. The van der Waals surface area contributed by atoms with Crippen LogP contribution in [0.2, 0.25) is 10.2 Å². The summed E-state index contributed by atoms with van der Waals surface area (Å²) in [6, 6.07) is 3.17. The lowest BCUT2D eigenvalue weighted by Crippen LogP contribution is -2.02. The highest BCUT2D eigenvalue weighted by Crippen LogP contribution is 2.29. The van der Waals surface area contributed by atoms with Gasteiger partial charge in [0.2, 0.25) is 0 Å². The molecule has 1 N–H and O–H groups in total. The van der Waals surface area contributed by atoms with E-state index in [1.165, 1.54) is 6.07 Å². The third kappa shape index (κ3) is 3.30. The summed E-state index contributed by atoms with van der Waals surface area (Å²) in [7, 11) is 0. The highest BCUT2D eigenvalue weighted by Gasteiger charge is 2.11. The van der Waals surface area contributed by atoms with E-state index < -0.39 is 11.6 Å². The maximum absolute atomic E-state index is 13.6. The second kappa shape index (κ2) is 5.67. The first kappa shape index (κ1) is 14.0. The zero-order chi connectivity index (χ0) is 14.0. The number of rotatable bonds is 3. The molecule has 0 unspecified atom stereocenters. The SMILES string of the molecule is CCc1nc(Cl)cc(Nc2c(F)cc(F)cc2Cl)n1. The molecule has 2 rings (SSSR count). The molecule has 0 spiro atoms. The van der Waals surface area contributed by atoms with E-state index >= 15 is 0 Å². The Morgan fingerprint density at radius 1 is 1.16 bits per heavy atom. The number of nitrogens with one attached hydrogen (secondary N) is 1. The van der Waals surface area contributed by atoms with Crippen LogP contribution < -0.4 is 5.32 Å².